The molecule has 1 heterocycles. The van der Waals surface area contributed by atoms with Crippen LogP contribution in [0.5, 0.6) is 5.75 Å². The monoisotopic (exact) mass is 332 g/mol. The fourth-order valence-electron chi connectivity index (χ4n) is 2.18. The molecule has 0 unspecified atom stereocenters. The lowest BCUT2D eigenvalue weighted by Gasteiger charge is -2.08. The zero-order chi connectivity index (χ0) is 16.6. The van der Waals surface area contributed by atoms with Crippen molar-refractivity contribution in [1.29, 1.82) is 0 Å². The number of primary sulfonamides is 1. The maximum atomic E-state index is 12.2. The van der Waals surface area contributed by atoms with E-state index in [0.29, 0.717) is 16.5 Å². The smallest absolute Gasteiger partial charge is 0.291 e. The predicted molar refractivity (Wildman–Crippen MR) is 83.6 cm³/mol. The Labute approximate surface area is 131 Å². The minimum absolute atomic E-state index is 0.0908. The first-order valence-electron chi connectivity index (χ1n) is 6.51. The first kappa shape index (κ1) is 15.1. The fourth-order valence-corrected chi connectivity index (χ4v) is 2.65. The number of sulfonamides is 1. The lowest BCUT2D eigenvalue weighted by molar-refractivity contribution is 0.0992. The number of phenolic OH excluding ortho intramolecular Hbond substituents is 1. The summed E-state index contributed by atoms with van der Waals surface area (Å²) in [6.45, 7) is 0. The number of fused-ring (bicyclic) bond motifs is 1. The van der Waals surface area contributed by atoms with Crippen molar-refractivity contribution in [1.82, 2.24) is 0 Å². The van der Waals surface area contributed by atoms with E-state index in [2.05, 4.69) is 5.32 Å². The Balaban J connectivity index is 1.95. The normalized spacial score (nSPS) is 11.5. The van der Waals surface area contributed by atoms with Crippen LogP contribution in [0.25, 0.3) is 10.8 Å². The largest absolute Gasteiger partial charge is 0.507 e. The summed E-state index contributed by atoms with van der Waals surface area (Å²) in [5, 5.41) is 18.1. The SMILES string of the molecule is NS(=O)(=O)c1ccc(C(=O)Nc2cccc3c(O)cccc23)o1. The zero-order valence-electron chi connectivity index (χ0n) is 11.7. The Hall–Kier alpha value is -2.84. The summed E-state index contributed by atoms with van der Waals surface area (Å²) < 4.78 is 27.3. The van der Waals surface area contributed by atoms with Gasteiger partial charge in [-0.25, -0.2) is 13.6 Å². The van der Waals surface area contributed by atoms with Crippen molar-refractivity contribution in [2.75, 3.05) is 5.32 Å². The standard InChI is InChI=1S/C15H12N2O5S/c16-23(20,21)14-8-7-13(22-14)15(19)17-11-5-1-4-10-9(11)3-2-6-12(10)18/h1-8,18H,(H,17,19)(H2,16,20,21). The van der Waals surface area contributed by atoms with E-state index in [0.717, 1.165) is 6.07 Å². The van der Waals surface area contributed by atoms with Crippen molar-refractivity contribution >= 4 is 32.4 Å². The van der Waals surface area contributed by atoms with Crippen LogP contribution in [0.4, 0.5) is 5.69 Å². The second kappa shape index (κ2) is 5.41. The fraction of sp³-hybridized carbons (Fsp3) is 0. The van der Waals surface area contributed by atoms with Gasteiger partial charge in [-0.3, -0.25) is 4.79 Å². The van der Waals surface area contributed by atoms with Gasteiger partial charge in [-0.05, 0) is 24.3 Å². The highest BCUT2D eigenvalue weighted by atomic mass is 32.2. The third kappa shape index (κ3) is 2.89. The van der Waals surface area contributed by atoms with Crippen molar-refractivity contribution in [3.05, 3.63) is 54.3 Å². The first-order chi connectivity index (χ1) is 10.9. The number of aromatic hydroxyl groups is 1. The van der Waals surface area contributed by atoms with Crippen LogP contribution in [0.3, 0.4) is 0 Å². The molecule has 0 aliphatic heterocycles. The third-order valence-corrected chi connectivity index (χ3v) is 4.01. The molecule has 0 aliphatic carbocycles. The summed E-state index contributed by atoms with van der Waals surface area (Å²) in [4.78, 5) is 12.2. The molecule has 7 nitrogen and oxygen atoms in total. The van der Waals surface area contributed by atoms with Gasteiger partial charge in [0.15, 0.2) is 5.76 Å². The molecule has 3 rings (SSSR count). The summed E-state index contributed by atoms with van der Waals surface area (Å²) in [5.41, 5.74) is 0.456. The Morgan fingerprint density at radius 1 is 1.04 bits per heavy atom. The van der Waals surface area contributed by atoms with E-state index in [-0.39, 0.29) is 11.5 Å². The van der Waals surface area contributed by atoms with Crippen LogP contribution in [0.15, 0.2) is 58.0 Å². The average Bonchev–Trinajstić information content (AvgIpc) is 2.98. The quantitative estimate of drug-likeness (QED) is 0.677. The number of anilines is 1. The summed E-state index contributed by atoms with van der Waals surface area (Å²) in [6.07, 6.45) is 0. The van der Waals surface area contributed by atoms with Gasteiger partial charge < -0.3 is 14.8 Å². The molecule has 0 fully saturated rings. The third-order valence-electron chi connectivity index (χ3n) is 3.23. The molecule has 0 saturated carbocycles. The number of furan rings is 1. The van der Waals surface area contributed by atoms with Crippen LogP contribution < -0.4 is 10.5 Å². The number of nitrogens with one attached hydrogen (secondary N) is 1. The Morgan fingerprint density at radius 2 is 1.74 bits per heavy atom. The summed E-state index contributed by atoms with van der Waals surface area (Å²) in [7, 11) is -4.01. The van der Waals surface area contributed by atoms with Gasteiger partial charge in [-0.2, -0.15) is 0 Å². The number of hydrogen-bond donors (Lipinski definition) is 3. The van der Waals surface area contributed by atoms with E-state index in [1.807, 2.05) is 0 Å². The maximum Gasteiger partial charge on any atom is 0.291 e. The van der Waals surface area contributed by atoms with E-state index >= 15 is 0 Å². The second-order valence-electron chi connectivity index (χ2n) is 4.80. The van der Waals surface area contributed by atoms with Gasteiger partial charge in [0.2, 0.25) is 5.09 Å². The topological polar surface area (TPSA) is 123 Å². The molecule has 23 heavy (non-hydrogen) atoms. The molecule has 8 heteroatoms. The number of phenols is 1. The molecule has 0 spiro atoms. The number of benzene rings is 2. The number of rotatable bonds is 3. The minimum atomic E-state index is -4.01. The zero-order valence-corrected chi connectivity index (χ0v) is 12.5. The molecule has 0 atom stereocenters. The lowest BCUT2D eigenvalue weighted by Crippen LogP contribution is -2.13. The van der Waals surface area contributed by atoms with E-state index in [1.165, 1.54) is 6.07 Å². The molecule has 3 aromatic rings. The van der Waals surface area contributed by atoms with Crippen molar-refractivity contribution < 1.29 is 22.7 Å². The molecule has 4 N–H and O–H groups in total. The van der Waals surface area contributed by atoms with Crippen LogP contribution in [-0.4, -0.2) is 19.4 Å². The van der Waals surface area contributed by atoms with Crippen molar-refractivity contribution in [2.45, 2.75) is 5.09 Å². The van der Waals surface area contributed by atoms with Gasteiger partial charge in [-0.15, -0.1) is 0 Å². The number of carbonyl (C=O) groups excluding carboxylic acids is 1. The van der Waals surface area contributed by atoms with Gasteiger partial charge in [0.05, 0.1) is 0 Å². The maximum absolute atomic E-state index is 12.2. The summed E-state index contributed by atoms with van der Waals surface area (Å²) in [6, 6.07) is 12.3. The highest BCUT2D eigenvalue weighted by Gasteiger charge is 2.18. The van der Waals surface area contributed by atoms with Crippen molar-refractivity contribution in [2.24, 2.45) is 5.14 Å². The minimum Gasteiger partial charge on any atom is -0.507 e. The molecule has 1 aromatic heterocycles. The van der Waals surface area contributed by atoms with Crippen molar-refractivity contribution in [3.63, 3.8) is 0 Å². The van der Waals surface area contributed by atoms with Crippen LogP contribution in [0, 0.1) is 0 Å². The molecule has 2 aromatic carbocycles. The Bertz CT molecular complexity index is 1010. The summed E-state index contributed by atoms with van der Waals surface area (Å²) in [5.74, 6) is -0.727. The van der Waals surface area contributed by atoms with Crippen LogP contribution in [-0.2, 0) is 10.0 Å². The lowest BCUT2D eigenvalue weighted by atomic mass is 10.1. The Kier molecular flexibility index (Phi) is 3.55. The van der Waals surface area contributed by atoms with Gasteiger partial charge >= 0.3 is 0 Å². The highest BCUT2D eigenvalue weighted by molar-refractivity contribution is 7.89. The summed E-state index contributed by atoms with van der Waals surface area (Å²) >= 11 is 0. The van der Waals surface area contributed by atoms with Crippen LogP contribution >= 0.6 is 0 Å². The van der Waals surface area contributed by atoms with Gasteiger partial charge in [-0.1, -0.05) is 24.3 Å². The van der Waals surface area contributed by atoms with Crippen LogP contribution in [0.1, 0.15) is 10.6 Å². The van der Waals surface area contributed by atoms with E-state index in [9.17, 15) is 18.3 Å². The van der Waals surface area contributed by atoms with Gasteiger partial charge in [0.1, 0.15) is 5.75 Å². The molecular weight excluding hydrogens is 320 g/mol. The number of hydrogen-bond acceptors (Lipinski definition) is 5. The molecule has 0 saturated heterocycles. The van der Waals surface area contributed by atoms with Gasteiger partial charge in [0.25, 0.3) is 15.9 Å². The average molecular weight is 332 g/mol. The highest BCUT2D eigenvalue weighted by Crippen LogP contribution is 2.30. The molecule has 0 aliphatic rings. The van der Waals surface area contributed by atoms with E-state index < -0.39 is 21.0 Å². The molecule has 1 amide bonds. The number of carbonyl (C=O) groups is 1. The van der Waals surface area contributed by atoms with Crippen molar-refractivity contribution in [3.8, 4) is 5.75 Å². The molecular formula is C15H12N2O5S. The number of nitrogens with two attached hydrogens (primary N) is 1. The van der Waals surface area contributed by atoms with E-state index in [1.54, 1.807) is 36.4 Å². The Morgan fingerprint density at radius 3 is 2.43 bits per heavy atom. The van der Waals surface area contributed by atoms with Crippen LogP contribution in [0.2, 0.25) is 0 Å². The number of amides is 1. The van der Waals surface area contributed by atoms with E-state index in [4.69, 9.17) is 9.56 Å². The molecule has 0 bridgehead atoms. The van der Waals surface area contributed by atoms with Gasteiger partial charge in [0, 0.05) is 16.5 Å². The molecule has 0 radical (unpaired) electrons. The first-order valence-corrected chi connectivity index (χ1v) is 8.05. The predicted octanol–water partition coefficient (Wildman–Crippen LogP) is 2.04. The molecule has 118 valence electrons. The second-order valence-corrected chi connectivity index (χ2v) is 6.29.